The van der Waals surface area contributed by atoms with Crippen molar-refractivity contribution in [1.29, 1.82) is 0 Å². The van der Waals surface area contributed by atoms with Gasteiger partial charge in [-0.1, -0.05) is 0 Å². The van der Waals surface area contributed by atoms with Crippen molar-refractivity contribution < 1.29 is 9.84 Å². The fourth-order valence-electron chi connectivity index (χ4n) is 0.731. The number of halogens is 1. The molecule has 0 spiro atoms. The molecule has 72 valence electrons. The van der Waals surface area contributed by atoms with Gasteiger partial charge in [-0.25, -0.2) is 0 Å². The summed E-state index contributed by atoms with van der Waals surface area (Å²) in [5.41, 5.74) is -0.817. The van der Waals surface area contributed by atoms with Crippen LogP contribution in [0.4, 0.5) is 0 Å². The van der Waals surface area contributed by atoms with Gasteiger partial charge in [0.1, 0.15) is 12.4 Å². The Kier molecular flexibility index (Phi) is 3.27. The number of pyridine rings is 1. The molecule has 1 rings (SSSR count). The van der Waals surface area contributed by atoms with Crippen molar-refractivity contribution in [2.24, 2.45) is 0 Å². The first kappa shape index (κ1) is 10.5. The largest absolute Gasteiger partial charge is 0.489 e. The predicted octanol–water partition coefficient (Wildman–Crippen LogP) is 1.99. The molecule has 0 aliphatic rings. The fraction of sp³-hybridized carbons (Fsp3) is 0.444. The second kappa shape index (κ2) is 4.07. The highest BCUT2D eigenvalue weighted by atomic mass is 79.9. The van der Waals surface area contributed by atoms with E-state index in [0.29, 0.717) is 5.75 Å². The van der Waals surface area contributed by atoms with Gasteiger partial charge in [0.15, 0.2) is 0 Å². The van der Waals surface area contributed by atoms with Crippen molar-refractivity contribution in [2.75, 3.05) is 6.61 Å². The van der Waals surface area contributed by atoms with Crippen molar-refractivity contribution in [3.8, 4) is 5.75 Å². The lowest BCUT2D eigenvalue weighted by Crippen LogP contribution is -2.27. The fourth-order valence-corrected chi connectivity index (χ4v) is 1.08. The van der Waals surface area contributed by atoms with Crippen molar-refractivity contribution in [1.82, 2.24) is 4.98 Å². The van der Waals surface area contributed by atoms with Crippen LogP contribution in [0.1, 0.15) is 13.8 Å². The summed E-state index contributed by atoms with van der Waals surface area (Å²) in [5.74, 6) is 0.650. The Hall–Kier alpha value is -0.610. The summed E-state index contributed by atoms with van der Waals surface area (Å²) >= 11 is 3.28. The zero-order valence-electron chi connectivity index (χ0n) is 7.62. The molecule has 0 aliphatic heterocycles. The first-order valence-corrected chi connectivity index (χ1v) is 4.72. The number of hydrogen-bond donors (Lipinski definition) is 1. The molecular weight excluding hydrogens is 234 g/mol. The third-order valence-corrected chi connectivity index (χ3v) is 1.71. The number of nitrogens with zero attached hydrogens (tertiary/aromatic N) is 1. The van der Waals surface area contributed by atoms with E-state index in [0.717, 1.165) is 4.47 Å². The lowest BCUT2D eigenvalue weighted by Gasteiger charge is -2.17. The first-order valence-electron chi connectivity index (χ1n) is 3.93. The van der Waals surface area contributed by atoms with Gasteiger partial charge in [-0.15, -0.1) is 0 Å². The van der Waals surface area contributed by atoms with E-state index in [1.54, 1.807) is 32.3 Å². The summed E-state index contributed by atoms with van der Waals surface area (Å²) in [7, 11) is 0. The summed E-state index contributed by atoms with van der Waals surface area (Å²) in [6.45, 7) is 3.64. The Bertz CT molecular complexity index is 283. The van der Waals surface area contributed by atoms with Crippen LogP contribution >= 0.6 is 15.9 Å². The average molecular weight is 246 g/mol. The molecule has 0 radical (unpaired) electrons. The van der Waals surface area contributed by atoms with Gasteiger partial charge in [0, 0.05) is 10.7 Å². The number of rotatable bonds is 3. The zero-order chi connectivity index (χ0) is 9.90. The van der Waals surface area contributed by atoms with Crippen LogP contribution in [0.25, 0.3) is 0 Å². The van der Waals surface area contributed by atoms with E-state index in [1.165, 1.54) is 0 Å². The number of hydrogen-bond acceptors (Lipinski definition) is 3. The summed E-state index contributed by atoms with van der Waals surface area (Å²) in [6, 6.07) is 1.80. The predicted molar refractivity (Wildman–Crippen MR) is 53.7 cm³/mol. The summed E-state index contributed by atoms with van der Waals surface area (Å²) in [4.78, 5) is 3.93. The molecule has 0 unspecified atom stereocenters. The van der Waals surface area contributed by atoms with Crippen molar-refractivity contribution >= 4 is 15.9 Å². The molecule has 1 aromatic rings. The highest BCUT2D eigenvalue weighted by Crippen LogP contribution is 2.16. The Morgan fingerprint density at radius 2 is 2.23 bits per heavy atom. The lowest BCUT2D eigenvalue weighted by molar-refractivity contribution is 0.0283. The Morgan fingerprint density at radius 3 is 2.77 bits per heavy atom. The van der Waals surface area contributed by atoms with E-state index < -0.39 is 5.60 Å². The van der Waals surface area contributed by atoms with Gasteiger partial charge in [-0.05, 0) is 35.8 Å². The molecule has 0 amide bonds. The number of aromatic nitrogens is 1. The minimum Gasteiger partial charge on any atom is -0.489 e. The standard InChI is InChI=1S/C9H12BrNO2/c1-9(2,12)6-13-8-3-7(10)4-11-5-8/h3-5,12H,6H2,1-2H3. The van der Waals surface area contributed by atoms with Crippen LogP contribution in [0, 0.1) is 0 Å². The van der Waals surface area contributed by atoms with Gasteiger partial charge in [-0.2, -0.15) is 0 Å². The molecule has 1 N–H and O–H groups in total. The quantitative estimate of drug-likeness (QED) is 0.886. The molecule has 1 heterocycles. The maximum Gasteiger partial charge on any atom is 0.138 e. The molecule has 0 saturated heterocycles. The number of aliphatic hydroxyl groups is 1. The molecule has 0 saturated carbocycles. The third kappa shape index (κ3) is 4.24. The Labute approximate surface area is 85.9 Å². The highest BCUT2D eigenvalue weighted by Gasteiger charge is 2.13. The zero-order valence-corrected chi connectivity index (χ0v) is 9.21. The van der Waals surface area contributed by atoms with Gasteiger partial charge in [0.2, 0.25) is 0 Å². The summed E-state index contributed by atoms with van der Waals surface area (Å²) in [5, 5.41) is 9.39. The van der Waals surface area contributed by atoms with Crippen LogP contribution in [-0.2, 0) is 0 Å². The van der Waals surface area contributed by atoms with Crippen molar-refractivity contribution in [3.05, 3.63) is 22.9 Å². The minimum absolute atomic E-state index is 0.255. The van der Waals surface area contributed by atoms with Gasteiger partial charge in [0.05, 0.1) is 11.8 Å². The van der Waals surface area contributed by atoms with Gasteiger partial charge in [0.25, 0.3) is 0 Å². The molecule has 4 heteroatoms. The van der Waals surface area contributed by atoms with E-state index in [4.69, 9.17) is 4.74 Å². The molecule has 0 bridgehead atoms. The normalized spacial score (nSPS) is 11.4. The van der Waals surface area contributed by atoms with E-state index in [1.807, 2.05) is 0 Å². The van der Waals surface area contributed by atoms with E-state index >= 15 is 0 Å². The monoisotopic (exact) mass is 245 g/mol. The molecule has 13 heavy (non-hydrogen) atoms. The van der Waals surface area contributed by atoms with Crippen LogP contribution in [0.15, 0.2) is 22.9 Å². The molecule has 3 nitrogen and oxygen atoms in total. The molecule has 0 aromatic carbocycles. The van der Waals surface area contributed by atoms with E-state index in [9.17, 15) is 5.11 Å². The molecule has 0 aliphatic carbocycles. The highest BCUT2D eigenvalue weighted by molar-refractivity contribution is 9.10. The van der Waals surface area contributed by atoms with Crippen LogP contribution in [0.2, 0.25) is 0 Å². The van der Waals surface area contributed by atoms with Crippen LogP contribution in [-0.4, -0.2) is 22.3 Å². The maximum atomic E-state index is 9.39. The Morgan fingerprint density at radius 1 is 1.54 bits per heavy atom. The maximum absolute atomic E-state index is 9.39. The van der Waals surface area contributed by atoms with Crippen molar-refractivity contribution in [3.63, 3.8) is 0 Å². The first-order chi connectivity index (χ1) is 5.97. The van der Waals surface area contributed by atoms with E-state index in [-0.39, 0.29) is 6.61 Å². The van der Waals surface area contributed by atoms with Gasteiger partial charge < -0.3 is 9.84 Å². The summed E-state index contributed by atoms with van der Waals surface area (Å²) < 4.78 is 6.17. The Balaban J connectivity index is 2.55. The molecule has 0 atom stereocenters. The van der Waals surface area contributed by atoms with E-state index in [2.05, 4.69) is 20.9 Å². The van der Waals surface area contributed by atoms with Crippen LogP contribution < -0.4 is 4.74 Å². The molecule has 1 aromatic heterocycles. The lowest BCUT2D eigenvalue weighted by atomic mass is 10.2. The van der Waals surface area contributed by atoms with Crippen LogP contribution in [0.5, 0.6) is 5.75 Å². The summed E-state index contributed by atoms with van der Waals surface area (Å²) in [6.07, 6.45) is 3.29. The SMILES string of the molecule is CC(C)(O)COc1cncc(Br)c1. The minimum atomic E-state index is -0.817. The second-order valence-corrected chi connectivity index (χ2v) is 4.36. The topological polar surface area (TPSA) is 42.4 Å². The van der Waals surface area contributed by atoms with Crippen molar-refractivity contribution in [2.45, 2.75) is 19.4 Å². The van der Waals surface area contributed by atoms with Gasteiger partial charge in [-0.3, -0.25) is 4.98 Å². The average Bonchev–Trinajstić information content (AvgIpc) is 2.00. The molecular formula is C9H12BrNO2. The van der Waals surface area contributed by atoms with Crippen LogP contribution in [0.3, 0.4) is 0 Å². The smallest absolute Gasteiger partial charge is 0.138 e. The molecule has 0 fully saturated rings. The van der Waals surface area contributed by atoms with Gasteiger partial charge >= 0.3 is 0 Å². The third-order valence-electron chi connectivity index (χ3n) is 1.27. The number of ether oxygens (including phenoxy) is 1. The second-order valence-electron chi connectivity index (χ2n) is 3.44.